The first kappa shape index (κ1) is 12.7. The number of methoxy groups -OCH3 is 1. The van der Waals surface area contributed by atoms with Gasteiger partial charge >= 0.3 is 0 Å². The van der Waals surface area contributed by atoms with E-state index < -0.39 is 0 Å². The topological polar surface area (TPSA) is 92.8 Å². The number of nitrogens with one attached hydrogen (secondary N) is 2. The molecule has 2 aromatic rings. The summed E-state index contributed by atoms with van der Waals surface area (Å²) in [6.07, 6.45) is 3.14. The van der Waals surface area contributed by atoms with E-state index in [1.165, 1.54) is 6.08 Å². The van der Waals surface area contributed by atoms with Crippen LogP contribution in [0.4, 0.5) is 0 Å². The van der Waals surface area contributed by atoms with Crippen LogP contribution in [0.3, 0.4) is 0 Å². The molecule has 0 spiro atoms. The highest BCUT2D eigenvalue weighted by Crippen LogP contribution is 2.13. The maximum Gasteiger partial charge on any atom is 0.244 e. The summed E-state index contributed by atoms with van der Waals surface area (Å²) in [5, 5.41) is 15.8. The van der Waals surface area contributed by atoms with Crippen molar-refractivity contribution < 1.29 is 9.53 Å². The molecule has 0 aliphatic rings. The fraction of sp³-hybridized carbons (Fsp3) is 0.167. The lowest BCUT2D eigenvalue weighted by atomic mass is 10.2. The second kappa shape index (κ2) is 6.29. The number of nitrogens with zero attached hydrogens (tertiary/aromatic N) is 3. The molecule has 0 saturated carbocycles. The summed E-state index contributed by atoms with van der Waals surface area (Å²) in [6.45, 7) is 0.234. The van der Waals surface area contributed by atoms with E-state index in [1.807, 2.05) is 24.3 Å². The van der Waals surface area contributed by atoms with E-state index in [0.29, 0.717) is 5.82 Å². The molecule has 0 aliphatic carbocycles. The van der Waals surface area contributed by atoms with E-state index in [1.54, 1.807) is 13.2 Å². The van der Waals surface area contributed by atoms with Crippen LogP contribution in [0.15, 0.2) is 30.3 Å². The lowest BCUT2D eigenvalue weighted by Crippen LogP contribution is -2.20. The molecular formula is C12H13N5O2. The normalized spacial score (nSPS) is 10.6. The molecule has 1 aromatic carbocycles. The molecule has 0 unspecified atom stereocenters. The number of amides is 1. The molecule has 19 heavy (non-hydrogen) atoms. The fourth-order valence-corrected chi connectivity index (χ4v) is 1.40. The second-order valence-corrected chi connectivity index (χ2v) is 3.66. The number of carbonyl (C=O) groups is 1. The summed E-state index contributed by atoms with van der Waals surface area (Å²) in [6, 6.07) is 7.41. The Labute approximate surface area is 109 Å². The van der Waals surface area contributed by atoms with E-state index in [9.17, 15) is 4.79 Å². The van der Waals surface area contributed by atoms with E-state index in [4.69, 9.17) is 4.74 Å². The van der Waals surface area contributed by atoms with Crippen molar-refractivity contribution in [1.29, 1.82) is 0 Å². The molecule has 0 atom stereocenters. The van der Waals surface area contributed by atoms with Crippen molar-refractivity contribution in [3.05, 3.63) is 41.7 Å². The van der Waals surface area contributed by atoms with Crippen molar-refractivity contribution in [2.45, 2.75) is 6.54 Å². The summed E-state index contributed by atoms with van der Waals surface area (Å²) in [5.74, 6) is 0.949. The van der Waals surface area contributed by atoms with E-state index in [2.05, 4.69) is 25.9 Å². The molecular weight excluding hydrogens is 246 g/mol. The third kappa shape index (κ3) is 3.91. The zero-order valence-electron chi connectivity index (χ0n) is 10.3. The zero-order valence-corrected chi connectivity index (χ0v) is 10.3. The van der Waals surface area contributed by atoms with Gasteiger partial charge in [0.15, 0.2) is 5.82 Å². The van der Waals surface area contributed by atoms with Crippen LogP contribution in [-0.4, -0.2) is 33.6 Å². The first-order valence-corrected chi connectivity index (χ1v) is 5.60. The smallest absolute Gasteiger partial charge is 0.244 e. The van der Waals surface area contributed by atoms with Gasteiger partial charge in [-0.3, -0.25) is 4.79 Å². The number of H-pyrrole nitrogens is 1. The van der Waals surface area contributed by atoms with Gasteiger partial charge in [-0.15, -0.1) is 10.2 Å². The molecule has 0 saturated heterocycles. The summed E-state index contributed by atoms with van der Waals surface area (Å²) >= 11 is 0. The molecule has 1 heterocycles. The number of tetrazole rings is 1. The standard InChI is InChI=1S/C12H13N5O2/c1-19-10-4-2-3-9(7-10)5-6-12(18)13-8-11-14-16-17-15-11/h2-7H,8H2,1H3,(H,13,18)(H,14,15,16,17). The molecule has 7 heteroatoms. The number of ether oxygens (including phenoxy) is 1. The second-order valence-electron chi connectivity index (χ2n) is 3.66. The molecule has 98 valence electrons. The van der Waals surface area contributed by atoms with Gasteiger partial charge in [-0.05, 0) is 23.8 Å². The van der Waals surface area contributed by atoms with E-state index in [0.717, 1.165) is 11.3 Å². The average Bonchev–Trinajstić information content (AvgIpc) is 2.96. The van der Waals surface area contributed by atoms with Crippen LogP contribution in [0, 0.1) is 0 Å². The largest absolute Gasteiger partial charge is 0.497 e. The van der Waals surface area contributed by atoms with Crippen molar-refractivity contribution in [2.24, 2.45) is 0 Å². The van der Waals surface area contributed by atoms with Crippen molar-refractivity contribution in [3.8, 4) is 5.75 Å². The Bertz CT molecular complexity index is 565. The monoisotopic (exact) mass is 259 g/mol. The van der Waals surface area contributed by atoms with Gasteiger partial charge in [-0.2, -0.15) is 5.21 Å². The third-order valence-electron chi connectivity index (χ3n) is 2.33. The van der Waals surface area contributed by atoms with Gasteiger partial charge in [0.05, 0.1) is 13.7 Å². The van der Waals surface area contributed by atoms with Gasteiger partial charge < -0.3 is 10.1 Å². The van der Waals surface area contributed by atoms with Crippen LogP contribution in [0.1, 0.15) is 11.4 Å². The molecule has 0 fully saturated rings. The number of hydrogen-bond donors (Lipinski definition) is 2. The minimum atomic E-state index is -0.229. The molecule has 0 aliphatic heterocycles. The first-order chi connectivity index (χ1) is 9.28. The van der Waals surface area contributed by atoms with Gasteiger partial charge in [0, 0.05) is 6.08 Å². The quantitative estimate of drug-likeness (QED) is 0.764. The van der Waals surface area contributed by atoms with Gasteiger partial charge in [0.25, 0.3) is 0 Å². The number of aromatic nitrogens is 4. The molecule has 0 radical (unpaired) electrons. The highest BCUT2D eigenvalue weighted by Gasteiger charge is 2.00. The summed E-state index contributed by atoms with van der Waals surface area (Å²) in [7, 11) is 1.60. The molecule has 2 N–H and O–H groups in total. The molecule has 7 nitrogen and oxygen atoms in total. The molecule has 1 aromatic heterocycles. The number of rotatable bonds is 5. The Hall–Kier alpha value is -2.70. The predicted molar refractivity (Wildman–Crippen MR) is 68.1 cm³/mol. The minimum absolute atomic E-state index is 0.229. The van der Waals surface area contributed by atoms with Crippen molar-refractivity contribution >= 4 is 12.0 Å². The van der Waals surface area contributed by atoms with Crippen LogP contribution in [-0.2, 0) is 11.3 Å². The average molecular weight is 259 g/mol. The van der Waals surface area contributed by atoms with Gasteiger partial charge in [0.2, 0.25) is 5.91 Å². The van der Waals surface area contributed by atoms with Crippen LogP contribution in [0.5, 0.6) is 5.75 Å². The number of carbonyl (C=O) groups excluding carboxylic acids is 1. The van der Waals surface area contributed by atoms with E-state index >= 15 is 0 Å². The van der Waals surface area contributed by atoms with Crippen molar-refractivity contribution in [1.82, 2.24) is 25.9 Å². The van der Waals surface area contributed by atoms with Crippen LogP contribution < -0.4 is 10.1 Å². The SMILES string of the molecule is COc1cccc(C=CC(=O)NCc2nn[nH]n2)c1. The van der Waals surface area contributed by atoms with Crippen molar-refractivity contribution in [2.75, 3.05) is 7.11 Å². The number of hydrogen-bond acceptors (Lipinski definition) is 5. The van der Waals surface area contributed by atoms with Crippen LogP contribution in [0.25, 0.3) is 6.08 Å². The summed E-state index contributed by atoms with van der Waals surface area (Å²) in [5.41, 5.74) is 0.883. The zero-order chi connectivity index (χ0) is 13.5. The Kier molecular flexibility index (Phi) is 4.22. The highest BCUT2D eigenvalue weighted by molar-refractivity contribution is 5.91. The Balaban J connectivity index is 1.88. The number of aromatic amines is 1. The predicted octanol–water partition coefficient (Wildman–Crippen LogP) is 0.538. The van der Waals surface area contributed by atoms with E-state index in [-0.39, 0.29) is 12.5 Å². The minimum Gasteiger partial charge on any atom is -0.497 e. The molecule has 0 bridgehead atoms. The lowest BCUT2D eigenvalue weighted by Gasteiger charge is -2.00. The van der Waals surface area contributed by atoms with Gasteiger partial charge in [-0.25, -0.2) is 0 Å². The lowest BCUT2D eigenvalue weighted by molar-refractivity contribution is -0.116. The Morgan fingerprint density at radius 3 is 3.16 bits per heavy atom. The highest BCUT2D eigenvalue weighted by atomic mass is 16.5. The van der Waals surface area contributed by atoms with Gasteiger partial charge in [0.1, 0.15) is 5.75 Å². The summed E-state index contributed by atoms with van der Waals surface area (Å²) < 4.78 is 5.10. The molecule has 1 amide bonds. The number of benzene rings is 1. The summed E-state index contributed by atoms with van der Waals surface area (Å²) in [4.78, 5) is 11.6. The van der Waals surface area contributed by atoms with Crippen LogP contribution in [0.2, 0.25) is 0 Å². The van der Waals surface area contributed by atoms with Crippen LogP contribution >= 0.6 is 0 Å². The Morgan fingerprint density at radius 2 is 2.42 bits per heavy atom. The first-order valence-electron chi connectivity index (χ1n) is 5.60. The molecule has 2 rings (SSSR count). The third-order valence-corrected chi connectivity index (χ3v) is 2.33. The van der Waals surface area contributed by atoms with Crippen molar-refractivity contribution in [3.63, 3.8) is 0 Å². The Morgan fingerprint density at radius 1 is 1.53 bits per heavy atom. The maximum absolute atomic E-state index is 11.6. The fourth-order valence-electron chi connectivity index (χ4n) is 1.40. The maximum atomic E-state index is 11.6. The van der Waals surface area contributed by atoms with Gasteiger partial charge in [-0.1, -0.05) is 17.3 Å².